The van der Waals surface area contributed by atoms with E-state index in [4.69, 9.17) is 5.11 Å². The van der Waals surface area contributed by atoms with Gasteiger partial charge < -0.3 is 15.0 Å². The number of carboxylic acids is 1. The van der Waals surface area contributed by atoms with Crippen LogP contribution in [0.1, 0.15) is 36.5 Å². The fourth-order valence-electron chi connectivity index (χ4n) is 1.76. The van der Waals surface area contributed by atoms with Gasteiger partial charge in [-0.1, -0.05) is 20.3 Å². The molecule has 0 aliphatic rings. The molecular weight excluding hydrogens is 234 g/mol. The molecule has 18 heavy (non-hydrogen) atoms. The van der Waals surface area contributed by atoms with Crippen molar-refractivity contribution >= 4 is 11.9 Å². The lowest BCUT2D eigenvalue weighted by molar-refractivity contribution is -0.140. The van der Waals surface area contributed by atoms with E-state index < -0.39 is 17.9 Å². The predicted octanol–water partition coefficient (Wildman–Crippen LogP) is 0.958. The van der Waals surface area contributed by atoms with Crippen LogP contribution in [0.25, 0.3) is 0 Å². The molecule has 100 valence electrons. The molecule has 6 heteroatoms. The monoisotopic (exact) mass is 253 g/mol. The van der Waals surface area contributed by atoms with E-state index in [-0.39, 0.29) is 5.92 Å². The quantitative estimate of drug-likeness (QED) is 0.818. The van der Waals surface area contributed by atoms with Crippen molar-refractivity contribution in [3.05, 3.63) is 17.7 Å². The van der Waals surface area contributed by atoms with Crippen molar-refractivity contribution in [2.45, 2.75) is 33.2 Å². The van der Waals surface area contributed by atoms with E-state index in [1.54, 1.807) is 25.5 Å². The lowest BCUT2D eigenvalue weighted by Crippen LogP contribution is -2.45. The fourth-order valence-corrected chi connectivity index (χ4v) is 1.76. The van der Waals surface area contributed by atoms with Gasteiger partial charge in [0.05, 0.1) is 12.0 Å². The summed E-state index contributed by atoms with van der Waals surface area (Å²) in [6.07, 6.45) is 2.21. The smallest absolute Gasteiger partial charge is 0.326 e. The molecule has 1 amide bonds. The minimum atomic E-state index is -1.02. The third kappa shape index (κ3) is 2.88. The molecule has 1 rings (SSSR count). The van der Waals surface area contributed by atoms with Crippen LogP contribution in [0.15, 0.2) is 6.33 Å². The van der Waals surface area contributed by atoms with Gasteiger partial charge in [-0.2, -0.15) is 0 Å². The van der Waals surface area contributed by atoms with Gasteiger partial charge in [0.25, 0.3) is 5.91 Å². The molecule has 0 fully saturated rings. The second-order valence-electron chi connectivity index (χ2n) is 4.46. The summed E-state index contributed by atoms with van der Waals surface area (Å²) in [5.74, 6) is -1.54. The third-order valence-electron chi connectivity index (χ3n) is 3.10. The molecule has 2 N–H and O–H groups in total. The molecule has 0 saturated heterocycles. The van der Waals surface area contributed by atoms with Gasteiger partial charge in [-0.3, -0.25) is 4.79 Å². The fraction of sp³-hybridized carbons (Fsp3) is 0.583. The number of carbonyl (C=O) groups excluding carboxylic acids is 1. The van der Waals surface area contributed by atoms with Gasteiger partial charge >= 0.3 is 5.97 Å². The first-order valence-corrected chi connectivity index (χ1v) is 5.90. The number of carbonyl (C=O) groups is 2. The Labute approximate surface area is 106 Å². The SMILES string of the molecule is CC[C@H](C)[C@H](NC(=O)c1c(C)ncn1C)C(=O)O. The van der Waals surface area contributed by atoms with Crippen molar-refractivity contribution in [3.8, 4) is 0 Å². The molecule has 0 radical (unpaired) electrons. The van der Waals surface area contributed by atoms with E-state index in [9.17, 15) is 9.59 Å². The Hall–Kier alpha value is -1.85. The number of rotatable bonds is 5. The van der Waals surface area contributed by atoms with Crippen LogP contribution in [0.5, 0.6) is 0 Å². The van der Waals surface area contributed by atoms with Crippen molar-refractivity contribution < 1.29 is 14.7 Å². The minimum Gasteiger partial charge on any atom is -0.480 e. The summed E-state index contributed by atoms with van der Waals surface area (Å²) in [7, 11) is 1.70. The Morgan fingerprint density at radius 3 is 2.56 bits per heavy atom. The second-order valence-corrected chi connectivity index (χ2v) is 4.46. The van der Waals surface area contributed by atoms with Crippen LogP contribution in [0, 0.1) is 12.8 Å². The first-order chi connectivity index (χ1) is 8.38. The van der Waals surface area contributed by atoms with Crippen LogP contribution >= 0.6 is 0 Å². The Morgan fingerprint density at radius 1 is 1.56 bits per heavy atom. The highest BCUT2D eigenvalue weighted by Crippen LogP contribution is 2.10. The van der Waals surface area contributed by atoms with Gasteiger partial charge in [0.1, 0.15) is 11.7 Å². The average molecular weight is 253 g/mol. The van der Waals surface area contributed by atoms with Crippen molar-refractivity contribution in [1.29, 1.82) is 0 Å². The normalized spacial score (nSPS) is 14.0. The highest BCUT2D eigenvalue weighted by atomic mass is 16.4. The average Bonchev–Trinajstić information content (AvgIpc) is 2.64. The van der Waals surface area contributed by atoms with E-state index in [1.165, 1.54) is 6.33 Å². The number of aryl methyl sites for hydroxylation is 2. The summed E-state index contributed by atoms with van der Waals surface area (Å²) < 4.78 is 1.58. The third-order valence-corrected chi connectivity index (χ3v) is 3.10. The maximum atomic E-state index is 12.0. The molecule has 6 nitrogen and oxygen atoms in total. The topological polar surface area (TPSA) is 84.2 Å². The molecule has 0 saturated carbocycles. The Kier molecular flexibility index (Phi) is 4.47. The van der Waals surface area contributed by atoms with Gasteiger partial charge in [0.2, 0.25) is 0 Å². The van der Waals surface area contributed by atoms with Crippen LogP contribution in [0.2, 0.25) is 0 Å². The minimum absolute atomic E-state index is 0.125. The van der Waals surface area contributed by atoms with Gasteiger partial charge in [-0.05, 0) is 12.8 Å². The number of hydrogen-bond acceptors (Lipinski definition) is 3. The van der Waals surface area contributed by atoms with E-state index in [0.29, 0.717) is 17.8 Å². The maximum absolute atomic E-state index is 12.0. The first-order valence-electron chi connectivity index (χ1n) is 5.90. The van der Waals surface area contributed by atoms with Gasteiger partial charge in [0, 0.05) is 7.05 Å². The van der Waals surface area contributed by atoms with Crippen molar-refractivity contribution in [1.82, 2.24) is 14.9 Å². The number of nitrogens with zero attached hydrogens (tertiary/aromatic N) is 2. The zero-order valence-electron chi connectivity index (χ0n) is 11.1. The van der Waals surface area contributed by atoms with E-state index in [0.717, 1.165) is 0 Å². The summed E-state index contributed by atoms with van der Waals surface area (Å²) in [6.45, 7) is 5.41. The Bertz CT molecular complexity index is 434. The molecule has 1 aromatic rings. The van der Waals surface area contributed by atoms with Crippen molar-refractivity contribution in [3.63, 3.8) is 0 Å². The van der Waals surface area contributed by atoms with Gasteiger partial charge in [-0.15, -0.1) is 0 Å². The number of nitrogens with one attached hydrogen (secondary N) is 1. The molecule has 1 heterocycles. The van der Waals surface area contributed by atoms with Crippen LogP contribution in [0.3, 0.4) is 0 Å². The van der Waals surface area contributed by atoms with Crippen molar-refractivity contribution in [2.24, 2.45) is 13.0 Å². The largest absolute Gasteiger partial charge is 0.480 e. The number of aromatic nitrogens is 2. The zero-order chi connectivity index (χ0) is 13.9. The highest BCUT2D eigenvalue weighted by Gasteiger charge is 2.27. The maximum Gasteiger partial charge on any atom is 0.326 e. The van der Waals surface area contributed by atoms with Crippen LogP contribution in [0.4, 0.5) is 0 Å². The molecule has 2 atom stereocenters. The molecule has 0 aliphatic carbocycles. The molecule has 0 bridgehead atoms. The van der Waals surface area contributed by atoms with Gasteiger partial charge in [0.15, 0.2) is 0 Å². The molecule has 1 aromatic heterocycles. The van der Waals surface area contributed by atoms with Crippen molar-refractivity contribution in [2.75, 3.05) is 0 Å². The molecule has 0 unspecified atom stereocenters. The zero-order valence-corrected chi connectivity index (χ0v) is 11.1. The lowest BCUT2D eigenvalue weighted by atomic mass is 9.99. The second kappa shape index (κ2) is 5.66. The summed E-state index contributed by atoms with van der Waals surface area (Å²) in [4.78, 5) is 27.2. The number of imidazole rings is 1. The molecule has 0 spiro atoms. The van der Waals surface area contributed by atoms with E-state index in [2.05, 4.69) is 10.3 Å². The lowest BCUT2D eigenvalue weighted by Gasteiger charge is -2.20. The Morgan fingerprint density at radius 2 is 2.17 bits per heavy atom. The highest BCUT2D eigenvalue weighted by molar-refractivity contribution is 5.96. The predicted molar refractivity (Wildman–Crippen MR) is 66.3 cm³/mol. The number of hydrogen-bond donors (Lipinski definition) is 2. The number of carboxylic acid groups (broad SMARTS) is 1. The number of amides is 1. The van der Waals surface area contributed by atoms with Crippen LogP contribution in [-0.4, -0.2) is 32.6 Å². The number of aliphatic carboxylic acids is 1. The molecular formula is C12H19N3O3. The summed E-state index contributed by atoms with van der Waals surface area (Å²) in [5, 5.41) is 11.7. The summed E-state index contributed by atoms with van der Waals surface area (Å²) in [6, 6.07) is -0.878. The van der Waals surface area contributed by atoms with E-state index in [1.807, 2.05) is 6.92 Å². The Balaban J connectivity index is 2.89. The first kappa shape index (κ1) is 14.2. The van der Waals surface area contributed by atoms with E-state index >= 15 is 0 Å². The molecule has 0 aromatic carbocycles. The van der Waals surface area contributed by atoms with Gasteiger partial charge in [-0.25, -0.2) is 9.78 Å². The van der Waals surface area contributed by atoms with Crippen LogP contribution < -0.4 is 5.32 Å². The summed E-state index contributed by atoms with van der Waals surface area (Å²) >= 11 is 0. The standard InChI is InChI=1S/C12H19N3O3/c1-5-7(2)9(12(17)18)14-11(16)10-8(3)13-6-15(10)4/h6-7,9H,5H2,1-4H3,(H,14,16)(H,17,18)/t7-,9-/m0/s1. The molecule has 0 aliphatic heterocycles. The van der Waals surface area contributed by atoms with Crippen LogP contribution in [-0.2, 0) is 11.8 Å². The summed E-state index contributed by atoms with van der Waals surface area (Å²) in [5.41, 5.74) is 0.979.